The molecule has 1 amide bonds. The van der Waals surface area contributed by atoms with Gasteiger partial charge in [0.05, 0.1) is 17.7 Å². The number of likely N-dealkylation sites (N-methyl/N-ethyl adjacent to an activating group) is 1. The molecule has 2 rings (SSSR count). The largest absolute Gasteiger partial charge is 0.390 e. The van der Waals surface area contributed by atoms with E-state index in [0.717, 1.165) is 0 Å². The van der Waals surface area contributed by atoms with Crippen molar-refractivity contribution in [2.75, 3.05) is 20.1 Å². The Morgan fingerprint density at radius 1 is 1.56 bits per heavy atom. The highest BCUT2D eigenvalue weighted by molar-refractivity contribution is 9.10. The molecule has 0 unspecified atom stereocenters. The number of hydrogen-bond donors (Lipinski definition) is 2. The van der Waals surface area contributed by atoms with Gasteiger partial charge >= 0.3 is 0 Å². The molecule has 0 spiro atoms. The van der Waals surface area contributed by atoms with E-state index in [1.807, 2.05) is 0 Å². The maximum absolute atomic E-state index is 13.0. The van der Waals surface area contributed by atoms with E-state index in [2.05, 4.69) is 21.2 Å². The highest BCUT2D eigenvalue weighted by Gasteiger charge is 2.32. The van der Waals surface area contributed by atoms with E-state index in [0.29, 0.717) is 23.1 Å². The second-order valence-corrected chi connectivity index (χ2v) is 5.19. The molecular formula is C12H14BrFN2O2. The Morgan fingerprint density at radius 2 is 2.28 bits per heavy atom. The fraction of sp³-hybridized carbons (Fsp3) is 0.417. The van der Waals surface area contributed by atoms with Gasteiger partial charge in [-0.25, -0.2) is 4.39 Å². The van der Waals surface area contributed by atoms with Crippen LogP contribution < -0.4 is 5.32 Å². The van der Waals surface area contributed by atoms with Crippen molar-refractivity contribution in [1.82, 2.24) is 10.2 Å². The van der Waals surface area contributed by atoms with E-state index in [1.54, 1.807) is 7.05 Å². The molecular weight excluding hydrogens is 303 g/mol. The smallest absolute Gasteiger partial charge is 0.255 e. The lowest BCUT2D eigenvalue weighted by molar-refractivity contribution is 0.0580. The molecule has 1 aliphatic rings. The number of aliphatic hydroxyl groups excluding tert-OH is 1. The minimum absolute atomic E-state index is 0.241. The number of carbonyl (C=O) groups is 1. The fourth-order valence-electron chi connectivity index (χ4n) is 2.05. The minimum Gasteiger partial charge on any atom is -0.390 e. The molecule has 4 nitrogen and oxygen atoms in total. The van der Waals surface area contributed by atoms with Gasteiger partial charge in [-0.2, -0.15) is 0 Å². The Bertz CT molecular complexity index is 469. The van der Waals surface area contributed by atoms with Gasteiger partial charge in [-0.1, -0.05) is 0 Å². The number of carbonyl (C=O) groups excluding carboxylic acids is 1. The maximum Gasteiger partial charge on any atom is 0.255 e. The van der Waals surface area contributed by atoms with Gasteiger partial charge in [0.1, 0.15) is 5.82 Å². The number of hydrogen-bond acceptors (Lipinski definition) is 3. The van der Waals surface area contributed by atoms with E-state index in [9.17, 15) is 14.3 Å². The zero-order valence-electron chi connectivity index (χ0n) is 9.86. The summed E-state index contributed by atoms with van der Waals surface area (Å²) in [5.41, 5.74) is 0.387. The summed E-state index contributed by atoms with van der Waals surface area (Å²) in [5.74, 6) is -0.640. The van der Waals surface area contributed by atoms with Crippen LogP contribution in [0.3, 0.4) is 0 Å². The van der Waals surface area contributed by atoms with Gasteiger partial charge in [0.25, 0.3) is 5.91 Å². The molecule has 1 heterocycles. The Balaban J connectivity index is 2.20. The van der Waals surface area contributed by atoms with Crippen LogP contribution >= 0.6 is 15.9 Å². The van der Waals surface area contributed by atoms with E-state index < -0.39 is 11.9 Å². The Labute approximate surface area is 113 Å². The van der Waals surface area contributed by atoms with Crippen LogP contribution in [-0.2, 0) is 0 Å². The molecule has 1 aliphatic heterocycles. The number of rotatable bonds is 2. The molecule has 2 atom stereocenters. The summed E-state index contributed by atoms with van der Waals surface area (Å²) >= 11 is 3.17. The number of β-amino-alcohol motifs (C(OH)–C–C–N with tert-alkyl or cyclic N) is 1. The summed E-state index contributed by atoms with van der Waals surface area (Å²) in [5, 5.41) is 12.8. The summed E-state index contributed by atoms with van der Waals surface area (Å²) in [6, 6.07) is 3.68. The number of halogens is 2. The monoisotopic (exact) mass is 316 g/mol. The van der Waals surface area contributed by atoms with Crippen molar-refractivity contribution in [3.63, 3.8) is 0 Å². The van der Waals surface area contributed by atoms with Crippen LogP contribution in [0.5, 0.6) is 0 Å². The van der Waals surface area contributed by atoms with Crippen LogP contribution in [0.25, 0.3) is 0 Å². The molecule has 0 aliphatic carbocycles. The average Bonchev–Trinajstić information content (AvgIpc) is 2.74. The normalized spacial score (nSPS) is 23.1. The van der Waals surface area contributed by atoms with Gasteiger partial charge < -0.3 is 15.3 Å². The first-order valence-corrected chi connectivity index (χ1v) is 6.41. The molecule has 0 saturated carbocycles. The lowest BCUT2D eigenvalue weighted by Crippen LogP contribution is -2.44. The zero-order valence-corrected chi connectivity index (χ0v) is 11.4. The van der Waals surface area contributed by atoms with Crippen LogP contribution in [0.15, 0.2) is 22.7 Å². The predicted octanol–water partition coefficient (Wildman–Crippen LogP) is 0.993. The third kappa shape index (κ3) is 2.55. The Hall–Kier alpha value is -0.980. The zero-order chi connectivity index (χ0) is 13.3. The number of nitrogens with one attached hydrogen (secondary N) is 1. The van der Waals surface area contributed by atoms with Gasteiger partial charge in [-0.15, -0.1) is 0 Å². The molecule has 98 valence electrons. The second-order valence-electron chi connectivity index (χ2n) is 4.33. The summed E-state index contributed by atoms with van der Waals surface area (Å²) in [6.07, 6.45) is -0.571. The lowest BCUT2D eigenvalue weighted by atomic mass is 10.1. The molecule has 1 saturated heterocycles. The van der Waals surface area contributed by atoms with Crippen LogP contribution in [0.1, 0.15) is 10.4 Å². The molecule has 6 heteroatoms. The molecule has 2 N–H and O–H groups in total. The SMILES string of the molecule is CN(C(=O)c1ccc(F)cc1Br)[C@H]1CNC[C@@H]1O. The first-order chi connectivity index (χ1) is 8.50. The Kier molecular flexibility index (Phi) is 3.99. The van der Waals surface area contributed by atoms with Gasteiger partial charge in [-0.05, 0) is 34.1 Å². The van der Waals surface area contributed by atoms with Crippen LogP contribution in [0.2, 0.25) is 0 Å². The lowest BCUT2D eigenvalue weighted by Gasteiger charge is -2.26. The standard InChI is InChI=1S/C12H14BrFN2O2/c1-16(10-5-15-6-11(10)17)12(18)8-3-2-7(14)4-9(8)13/h2-4,10-11,15,17H,5-6H2,1H3/t10-,11-/m0/s1. The number of aliphatic hydroxyl groups is 1. The van der Waals surface area contributed by atoms with E-state index in [-0.39, 0.29) is 11.9 Å². The first-order valence-electron chi connectivity index (χ1n) is 5.61. The first kappa shape index (κ1) is 13.5. The molecule has 0 radical (unpaired) electrons. The summed E-state index contributed by atoms with van der Waals surface area (Å²) in [4.78, 5) is 13.7. The number of nitrogens with zero attached hydrogens (tertiary/aromatic N) is 1. The van der Waals surface area contributed by atoms with Crippen LogP contribution in [-0.4, -0.2) is 48.2 Å². The average molecular weight is 317 g/mol. The van der Waals surface area contributed by atoms with Crippen molar-refractivity contribution >= 4 is 21.8 Å². The molecule has 1 fully saturated rings. The molecule has 0 aromatic heterocycles. The Morgan fingerprint density at radius 3 is 2.83 bits per heavy atom. The van der Waals surface area contributed by atoms with Crippen molar-refractivity contribution in [2.24, 2.45) is 0 Å². The summed E-state index contributed by atoms with van der Waals surface area (Å²) in [6.45, 7) is 1.04. The molecule has 0 bridgehead atoms. The third-order valence-corrected chi connectivity index (χ3v) is 3.79. The van der Waals surface area contributed by atoms with Crippen molar-refractivity contribution < 1.29 is 14.3 Å². The van der Waals surface area contributed by atoms with Crippen molar-refractivity contribution in [1.29, 1.82) is 0 Å². The molecule has 1 aromatic carbocycles. The van der Waals surface area contributed by atoms with Crippen molar-refractivity contribution in [3.8, 4) is 0 Å². The van der Waals surface area contributed by atoms with Gasteiger partial charge in [0.15, 0.2) is 0 Å². The predicted molar refractivity (Wildman–Crippen MR) is 68.9 cm³/mol. The van der Waals surface area contributed by atoms with Gasteiger partial charge in [0.2, 0.25) is 0 Å². The van der Waals surface area contributed by atoms with E-state index in [4.69, 9.17) is 0 Å². The van der Waals surface area contributed by atoms with Crippen LogP contribution in [0.4, 0.5) is 4.39 Å². The fourth-order valence-corrected chi connectivity index (χ4v) is 2.57. The summed E-state index contributed by atoms with van der Waals surface area (Å²) < 4.78 is 13.4. The summed E-state index contributed by atoms with van der Waals surface area (Å²) in [7, 11) is 1.64. The van der Waals surface area contributed by atoms with E-state index >= 15 is 0 Å². The molecule has 1 aromatic rings. The van der Waals surface area contributed by atoms with Gasteiger partial charge in [0, 0.05) is 24.6 Å². The molecule has 18 heavy (non-hydrogen) atoms. The van der Waals surface area contributed by atoms with Crippen molar-refractivity contribution in [3.05, 3.63) is 34.1 Å². The number of amides is 1. The second kappa shape index (κ2) is 5.34. The topological polar surface area (TPSA) is 52.6 Å². The minimum atomic E-state index is -0.571. The maximum atomic E-state index is 13.0. The third-order valence-electron chi connectivity index (χ3n) is 3.13. The highest BCUT2D eigenvalue weighted by atomic mass is 79.9. The quantitative estimate of drug-likeness (QED) is 0.855. The van der Waals surface area contributed by atoms with E-state index in [1.165, 1.54) is 23.1 Å². The number of benzene rings is 1. The van der Waals surface area contributed by atoms with Gasteiger partial charge in [-0.3, -0.25) is 4.79 Å². The van der Waals surface area contributed by atoms with Crippen LogP contribution in [0, 0.1) is 5.82 Å². The highest BCUT2D eigenvalue weighted by Crippen LogP contribution is 2.21. The van der Waals surface area contributed by atoms with Crippen molar-refractivity contribution in [2.45, 2.75) is 12.1 Å².